The second-order valence-electron chi connectivity index (χ2n) is 6.54. The van der Waals surface area contributed by atoms with E-state index >= 15 is 0 Å². The summed E-state index contributed by atoms with van der Waals surface area (Å²) in [5.74, 6) is -0.936. The van der Waals surface area contributed by atoms with E-state index in [1.54, 1.807) is 4.52 Å². The van der Waals surface area contributed by atoms with Gasteiger partial charge in [-0.15, -0.1) is 5.10 Å². The minimum atomic E-state index is -0.788. The number of nitrogens with zero attached hydrogens (tertiary/aromatic N) is 3. The van der Waals surface area contributed by atoms with Crippen LogP contribution in [0.5, 0.6) is 0 Å². The topological polar surface area (TPSA) is 85.3 Å². The largest absolute Gasteiger partial charge is 0.368 e. The van der Waals surface area contributed by atoms with Crippen LogP contribution in [0, 0.1) is 5.82 Å². The van der Waals surface area contributed by atoms with Crippen molar-refractivity contribution >= 4 is 27.3 Å². The third-order valence-electron chi connectivity index (χ3n) is 3.57. The zero-order valence-electron chi connectivity index (χ0n) is 13.6. The summed E-state index contributed by atoms with van der Waals surface area (Å²) in [6, 6.07) is 4.83. The Labute approximate surface area is 142 Å². The number of fused-ring (bicyclic) bond motifs is 1. The lowest BCUT2D eigenvalue weighted by atomic mass is 9.93. The number of primary amides is 1. The summed E-state index contributed by atoms with van der Waals surface area (Å²) < 4.78 is 14.7. The van der Waals surface area contributed by atoms with Crippen LogP contribution < -0.4 is 11.1 Å². The normalized spacial score (nSPS) is 13.2. The molecule has 1 unspecified atom stereocenters. The molecule has 3 N–H and O–H groups in total. The van der Waals surface area contributed by atoms with Gasteiger partial charge >= 0.3 is 0 Å². The molecule has 126 valence electrons. The van der Waals surface area contributed by atoms with Crippen molar-refractivity contribution in [2.75, 3.05) is 5.32 Å². The quantitative estimate of drug-likeness (QED) is 0.760. The van der Waals surface area contributed by atoms with Gasteiger partial charge in [0, 0.05) is 5.41 Å². The van der Waals surface area contributed by atoms with E-state index in [1.807, 2.05) is 6.20 Å². The molecule has 0 aliphatic heterocycles. The van der Waals surface area contributed by atoms with Crippen LogP contribution in [0.15, 0.2) is 30.5 Å². The van der Waals surface area contributed by atoms with E-state index in [9.17, 15) is 9.18 Å². The van der Waals surface area contributed by atoms with Gasteiger partial charge in [0.05, 0.1) is 11.9 Å². The molecule has 2 heterocycles. The van der Waals surface area contributed by atoms with Crippen molar-refractivity contribution in [1.82, 2.24) is 14.6 Å². The van der Waals surface area contributed by atoms with Crippen molar-refractivity contribution < 1.29 is 9.18 Å². The summed E-state index contributed by atoms with van der Waals surface area (Å²) in [7, 11) is 0. The molecule has 6 nitrogen and oxygen atoms in total. The second kappa shape index (κ2) is 5.86. The molecule has 0 radical (unpaired) electrons. The highest BCUT2D eigenvalue weighted by molar-refractivity contribution is 7.20. The SMILES string of the molecule is CC(C)(C)c1cn2nc(NC(C(N)=O)c3ccc(F)cc3)sc2n1. The molecule has 1 amide bonds. The van der Waals surface area contributed by atoms with Gasteiger partial charge < -0.3 is 11.1 Å². The van der Waals surface area contributed by atoms with Gasteiger partial charge in [0.2, 0.25) is 16.0 Å². The number of halogens is 1. The summed E-state index contributed by atoms with van der Waals surface area (Å²) in [5.41, 5.74) is 6.92. The summed E-state index contributed by atoms with van der Waals surface area (Å²) in [4.78, 5) is 17.0. The number of benzene rings is 1. The fraction of sp³-hybridized carbons (Fsp3) is 0.312. The number of carbonyl (C=O) groups is 1. The molecular weight excluding hydrogens is 329 g/mol. The number of aromatic nitrogens is 3. The molecule has 3 rings (SSSR count). The third-order valence-corrected chi connectivity index (χ3v) is 4.42. The standard InChI is InChI=1S/C16H18FN5OS/c1-16(2,3)11-8-22-15(19-11)24-14(21-22)20-12(13(18)23)9-4-6-10(17)7-5-9/h4-8,12H,1-3H3,(H2,18,23)(H,20,21). The van der Waals surface area contributed by atoms with Crippen LogP contribution in [-0.2, 0) is 10.2 Å². The molecule has 2 aromatic heterocycles. The van der Waals surface area contributed by atoms with Crippen LogP contribution in [-0.4, -0.2) is 20.5 Å². The maximum Gasteiger partial charge on any atom is 0.244 e. The maximum absolute atomic E-state index is 13.1. The van der Waals surface area contributed by atoms with Crippen molar-refractivity contribution in [3.8, 4) is 0 Å². The average molecular weight is 347 g/mol. The Morgan fingerprint density at radius 2 is 2.00 bits per heavy atom. The van der Waals surface area contributed by atoms with Crippen LogP contribution in [0.3, 0.4) is 0 Å². The molecule has 0 fully saturated rings. The molecule has 1 aromatic carbocycles. The molecular formula is C16H18FN5OS. The summed E-state index contributed by atoms with van der Waals surface area (Å²) in [5, 5.41) is 7.91. The summed E-state index contributed by atoms with van der Waals surface area (Å²) >= 11 is 1.33. The van der Waals surface area contributed by atoms with Gasteiger partial charge in [0.25, 0.3) is 0 Å². The lowest BCUT2D eigenvalue weighted by Crippen LogP contribution is -2.27. The van der Waals surface area contributed by atoms with Gasteiger partial charge in [-0.1, -0.05) is 44.2 Å². The van der Waals surface area contributed by atoms with Gasteiger partial charge in [0.15, 0.2) is 0 Å². The molecule has 0 saturated heterocycles. The second-order valence-corrected chi connectivity index (χ2v) is 7.50. The number of carbonyl (C=O) groups excluding carboxylic acids is 1. The first-order chi connectivity index (χ1) is 11.2. The molecule has 24 heavy (non-hydrogen) atoms. The fourth-order valence-corrected chi connectivity index (χ4v) is 3.03. The van der Waals surface area contributed by atoms with E-state index < -0.39 is 11.9 Å². The van der Waals surface area contributed by atoms with Gasteiger partial charge in [-0.2, -0.15) is 0 Å². The van der Waals surface area contributed by atoms with Crippen LogP contribution in [0.4, 0.5) is 9.52 Å². The van der Waals surface area contributed by atoms with Crippen LogP contribution in [0.2, 0.25) is 0 Å². The fourth-order valence-electron chi connectivity index (χ4n) is 2.22. The van der Waals surface area contributed by atoms with E-state index in [4.69, 9.17) is 5.73 Å². The van der Waals surface area contributed by atoms with E-state index in [1.165, 1.54) is 35.6 Å². The molecule has 1 atom stereocenters. The predicted molar refractivity (Wildman–Crippen MR) is 91.5 cm³/mol. The number of imidazole rings is 1. The highest BCUT2D eigenvalue weighted by Crippen LogP contribution is 2.27. The average Bonchev–Trinajstić information content (AvgIpc) is 3.03. The lowest BCUT2D eigenvalue weighted by molar-refractivity contribution is -0.118. The predicted octanol–water partition coefficient (Wildman–Crippen LogP) is 2.87. The molecule has 0 saturated carbocycles. The highest BCUT2D eigenvalue weighted by atomic mass is 32.1. The Kier molecular flexibility index (Phi) is 4.00. The van der Waals surface area contributed by atoms with Crippen LogP contribution >= 0.6 is 11.3 Å². The zero-order chi connectivity index (χ0) is 17.5. The lowest BCUT2D eigenvalue weighted by Gasteiger charge is -2.15. The summed E-state index contributed by atoms with van der Waals surface area (Å²) in [6.45, 7) is 6.24. The Morgan fingerprint density at radius 1 is 1.33 bits per heavy atom. The minimum absolute atomic E-state index is 0.0646. The van der Waals surface area contributed by atoms with Crippen molar-refractivity contribution in [1.29, 1.82) is 0 Å². The smallest absolute Gasteiger partial charge is 0.244 e. The number of nitrogens with two attached hydrogens (primary N) is 1. The number of hydrogen-bond donors (Lipinski definition) is 2. The van der Waals surface area contributed by atoms with Gasteiger partial charge in [0.1, 0.15) is 11.9 Å². The zero-order valence-corrected chi connectivity index (χ0v) is 14.4. The number of hydrogen-bond acceptors (Lipinski definition) is 5. The summed E-state index contributed by atoms with van der Waals surface area (Å²) in [6.07, 6.45) is 1.87. The van der Waals surface area contributed by atoms with Gasteiger partial charge in [-0.05, 0) is 17.7 Å². The first kappa shape index (κ1) is 16.4. The molecule has 3 aromatic rings. The van der Waals surface area contributed by atoms with Crippen LogP contribution in [0.25, 0.3) is 4.96 Å². The number of nitrogens with one attached hydrogen (secondary N) is 1. The van der Waals surface area contributed by atoms with E-state index in [0.717, 1.165) is 10.7 Å². The Balaban J connectivity index is 1.87. The first-order valence-electron chi connectivity index (χ1n) is 7.42. The molecule has 0 spiro atoms. The van der Waals surface area contributed by atoms with E-state index in [-0.39, 0.29) is 11.2 Å². The Hall–Kier alpha value is -2.48. The number of amides is 1. The third kappa shape index (κ3) is 3.23. The molecule has 0 aliphatic carbocycles. The maximum atomic E-state index is 13.1. The number of rotatable bonds is 4. The van der Waals surface area contributed by atoms with Crippen molar-refractivity contribution in [2.45, 2.75) is 32.2 Å². The highest BCUT2D eigenvalue weighted by Gasteiger charge is 2.22. The number of anilines is 1. The van der Waals surface area contributed by atoms with E-state index in [0.29, 0.717) is 10.7 Å². The van der Waals surface area contributed by atoms with Gasteiger partial charge in [-0.25, -0.2) is 13.9 Å². The van der Waals surface area contributed by atoms with Gasteiger partial charge in [-0.3, -0.25) is 4.79 Å². The Morgan fingerprint density at radius 3 is 2.54 bits per heavy atom. The molecule has 0 bridgehead atoms. The first-order valence-corrected chi connectivity index (χ1v) is 8.24. The van der Waals surface area contributed by atoms with Crippen molar-refractivity contribution in [2.24, 2.45) is 5.73 Å². The van der Waals surface area contributed by atoms with Crippen LogP contribution in [0.1, 0.15) is 38.1 Å². The van der Waals surface area contributed by atoms with Crippen molar-refractivity contribution in [3.63, 3.8) is 0 Å². The minimum Gasteiger partial charge on any atom is -0.368 e. The molecule has 8 heteroatoms. The molecule has 0 aliphatic rings. The van der Waals surface area contributed by atoms with Crippen molar-refractivity contribution in [3.05, 3.63) is 47.5 Å². The monoisotopic (exact) mass is 347 g/mol. The van der Waals surface area contributed by atoms with E-state index in [2.05, 4.69) is 36.2 Å². The Bertz CT molecular complexity index is 847.